The summed E-state index contributed by atoms with van der Waals surface area (Å²) in [7, 11) is 0. The van der Waals surface area contributed by atoms with E-state index in [1.165, 1.54) is 0 Å². The van der Waals surface area contributed by atoms with Gasteiger partial charge in [0.1, 0.15) is 0 Å². The van der Waals surface area contributed by atoms with Crippen LogP contribution in [0.15, 0.2) is 12.2 Å². The van der Waals surface area contributed by atoms with Crippen molar-refractivity contribution in [2.75, 3.05) is 39.6 Å². The molecule has 0 amide bonds. The molecule has 0 aromatic heterocycles. The Labute approximate surface area is 85.1 Å². The van der Waals surface area contributed by atoms with E-state index in [0.29, 0.717) is 26.4 Å². The molecule has 0 aromatic rings. The summed E-state index contributed by atoms with van der Waals surface area (Å²) in [6.07, 6.45) is 5.78. The van der Waals surface area contributed by atoms with E-state index >= 15 is 0 Å². The Bertz CT molecular complexity index is 111. The van der Waals surface area contributed by atoms with Gasteiger partial charge >= 0.3 is 0 Å². The zero-order valence-corrected chi connectivity index (χ0v) is 8.52. The molecule has 84 valence electrons. The van der Waals surface area contributed by atoms with E-state index in [1.54, 1.807) is 0 Å². The molecule has 0 aliphatic heterocycles. The largest absolute Gasteiger partial charge is 0.394 e. The molecule has 0 unspecified atom stereocenters. The maximum Gasteiger partial charge on any atom is 0.0697 e. The highest BCUT2D eigenvalue weighted by Gasteiger charge is 1.85. The van der Waals surface area contributed by atoms with Crippen LogP contribution in [0.2, 0.25) is 0 Å². The Morgan fingerprint density at radius 3 is 1.50 bits per heavy atom. The van der Waals surface area contributed by atoms with Crippen molar-refractivity contribution in [3.05, 3.63) is 12.2 Å². The molecule has 0 spiro atoms. The van der Waals surface area contributed by atoms with Gasteiger partial charge in [0.15, 0.2) is 0 Å². The molecule has 0 fully saturated rings. The monoisotopic (exact) mass is 204 g/mol. The van der Waals surface area contributed by atoms with Gasteiger partial charge in [-0.3, -0.25) is 0 Å². The fourth-order valence-electron chi connectivity index (χ4n) is 0.872. The quantitative estimate of drug-likeness (QED) is 0.398. The number of aliphatic hydroxyl groups is 2. The molecule has 0 radical (unpaired) electrons. The zero-order valence-electron chi connectivity index (χ0n) is 8.52. The van der Waals surface area contributed by atoms with Crippen LogP contribution >= 0.6 is 0 Å². The van der Waals surface area contributed by atoms with Gasteiger partial charge in [-0.2, -0.15) is 0 Å². The van der Waals surface area contributed by atoms with Gasteiger partial charge in [0.2, 0.25) is 0 Å². The number of rotatable bonds is 10. The molecule has 0 aliphatic rings. The molecule has 0 aliphatic carbocycles. The van der Waals surface area contributed by atoms with Gasteiger partial charge in [-0.05, 0) is 12.8 Å². The Morgan fingerprint density at radius 1 is 0.714 bits per heavy atom. The van der Waals surface area contributed by atoms with Crippen LogP contribution in [0.25, 0.3) is 0 Å². The van der Waals surface area contributed by atoms with Crippen LogP contribution in [-0.4, -0.2) is 49.9 Å². The minimum Gasteiger partial charge on any atom is -0.394 e. The SMILES string of the molecule is OCCOCC/C=C\CCOCCO. The second-order valence-electron chi connectivity index (χ2n) is 2.72. The highest BCUT2D eigenvalue weighted by atomic mass is 16.5. The molecular formula is C10H20O4. The lowest BCUT2D eigenvalue weighted by molar-refractivity contribution is 0.0940. The topological polar surface area (TPSA) is 58.9 Å². The van der Waals surface area contributed by atoms with Crippen molar-refractivity contribution in [2.24, 2.45) is 0 Å². The van der Waals surface area contributed by atoms with Crippen molar-refractivity contribution in [3.8, 4) is 0 Å². The molecule has 0 heterocycles. The summed E-state index contributed by atoms with van der Waals surface area (Å²) in [5.41, 5.74) is 0. The van der Waals surface area contributed by atoms with Gasteiger partial charge in [0.05, 0.1) is 39.6 Å². The molecule has 4 nitrogen and oxygen atoms in total. The molecule has 2 N–H and O–H groups in total. The first-order valence-corrected chi connectivity index (χ1v) is 4.94. The number of hydrogen-bond acceptors (Lipinski definition) is 4. The summed E-state index contributed by atoms with van der Waals surface area (Å²) in [6, 6.07) is 0. The molecule has 0 saturated carbocycles. The average molecular weight is 204 g/mol. The second-order valence-corrected chi connectivity index (χ2v) is 2.72. The van der Waals surface area contributed by atoms with Crippen LogP contribution in [0.5, 0.6) is 0 Å². The minimum absolute atomic E-state index is 0.0821. The third-order valence-corrected chi connectivity index (χ3v) is 1.50. The summed E-state index contributed by atoms with van der Waals surface area (Å²) >= 11 is 0. The molecular weight excluding hydrogens is 184 g/mol. The lowest BCUT2D eigenvalue weighted by atomic mass is 10.3. The molecule has 0 rings (SSSR count). The highest BCUT2D eigenvalue weighted by Crippen LogP contribution is 1.89. The fourth-order valence-corrected chi connectivity index (χ4v) is 0.872. The van der Waals surface area contributed by atoms with Gasteiger partial charge in [0, 0.05) is 0 Å². The normalized spacial score (nSPS) is 11.3. The first-order chi connectivity index (χ1) is 6.91. The maximum atomic E-state index is 8.41. The molecule has 14 heavy (non-hydrogen) atoms. The molecule has 0 bridgehead atoms. The summed E-state index contributed by atoms with van der Waals surface area (Å²) in [6.45, 7) is 2.28. The van der Waals surface area contributed by atoms with Gasteiger partial charge in [0.25, 0.3) is 0 Å². The van der Waals surface area contributed by atoms with Gasteiger partial charge in [-0.15, -0.1) is 0 Å². The van der Waals surface area contributed by atoms with Crippen LogP contribution in [0, 0.1) is 0 Å². The Morgan fingerprint density at radius 2 is 1.14 bits per heavy atom. The van der Waals surface area contributed by atoms with Crippen LogP contribution < -0.4 is 0 Å². The van der Waals surface area contributed by atoms with Crippen molar-refractivity contribution in [3.63, 3.8) is 0 Å². The van der Waals surface area contributed by atoms with Gasteiger partial charge < -0.3 is 19.7 Å². The van der Waals surface area contributed by atoms with Crippen LogP contribution in [0.4, 0.5) is 0 Å². The van der Waals surface area contributed by atoms with Gasteiger partial charge in [-0.25, -0.2) is 0 Å². The molecule has 0 aromatic carbocycles. The first-order valence-electron chi connectivity index (χ1n) is 4.94. The summed E-state index contributed by atoms with van der Waals surface area (Å²) in [5, 5.41) is 16.8. The Balaban J connectivity index is 2.96. The number of hydrogen-bond donors (Lipinski definition) is 2. The number of ether oxygens (including phenoxy) is 2. The predicted molar refractivity (Wildman–Crippen MR) is 54.2 cm³/mol. The Kier molecular flexibility index (Phi) is 12.2. The van der Waals surface area contributed by atoms with Crippen LogP contribution in [-0.2, 0) is 9.47 Å². The maximum absolute atomic E-state index is 8.41. The fraction of sp³-hybridized carbons (Fsp3) is 0.800. The van der Waals surface area contributed by atoms with E-state index in [-0.39, 0.29) is 13.2 Å². The zero-order chi connectivity index (χ0) is 10.5. The van der Waals surface area contributed by atoms with Crippen molar-refractivity contribution >= 4 is 0 Å². The highest BCUT2D eigenvalue weighted by molar-refractivity contribution is 4.81. The summed E-state index contributed by atoms with van der Waals surface area (Å²) < 4.78 is 10.1. The van der Waals surface area contributed by atoms with Crippen molar-refractivity contribution in [2.45, 2.75) is 12.8 Å². The standard InChI is InChI=1S/C10H20O4/c11-5-9-13-7-3-1-2-4-8-14-10-6-12/h1-2,11-12H,3-10H2/b2-1-. The average Bonchev–Trinajstić information content (AvgIpc) is 2.21. The van der Waals surface area contributed by atoms with E-state index in [1.807, 2.05) is 12.2 Å². The van der Waals surface area contributed by atoms with E-state index in [9.17, 15) is 0 Å². The number of aliphatic hydroxyl groups excluding tert-OH is 2. The minimum atomic E-state index is 0.0821. The molecule has 4 heteroatoms. The van der Waals surface area contributed by atoms with Crippen molar-refractivity contribution in [1.29, 1.82) is 0 Å². The molecule has 0 atom stereocenters. The van der Waals surface area contributed by atoms with Crippen molar-refractivity contribution < 1.29 is 19.7 Å². The first kappa shape index (κ1) is 13.6. The summed E-state index contributed by atoms with van der Waals surface area (Å²) in [5.74, 6) is 0. The second kappa shape index (κ2) is 12.6. The predicted octanol–water partition coefficient (Wildman–Crippen LogP) is 0.341. The smallest absolute Gasteiger partial charge is 0.0697 e. The van der Waals surface area contributed by atoms with Crippen molar-refractivity contribution in [1.82, 2.24) is 0 Å². The van der Waals surface area contributed by atoms with E-state index in [4.69, 9.17) is 19.7 Å². The van der Waals surface area contributed by atoms with Gasteiger partial charge in [-0.1, -0.05) is 12.2 Å². The van der Waals surface area contributed by atoms with E-state index < -0.39 is 0 Å². The van der Waals surface area contributed by atoms with Crippen LogP contribution in [0.3, 0.4) is 0 Å². The third-order valence-electron chi connectivity index (χ3n) is 1.50. The van der Waals surface area contributed by atoms with Crippen LogP contribution in [0.1, 0.15) is 12.8 Å². The Hall–Kier alpha value is -0.420. The molecule has 0 saturated heterocycles. The van der Waals surface area contributed by atoms with E-state index in [0.717, 1.165) is 12.8 Å². The third kappa shape index (κ3) is 11.6. The lowest BCUT2D eigenvalue weighted by Crippen LogP contribution is -2.00. The lowest BCUT2D eigenvalue weighted by Gasteiger charge is -1.98. The van der Waals surface area contributed by atoms with E-state index in [2.05, 4.69) is 0 Å². The summed E-state index contributed by atoms with van der Waals surface area (Å²) in [4.78, 5) is 0.